The van der Waals surface area contributed by atoms with Crippen LogP contribution >= 0.6 is 0 Å². The van der Waals surface area contributed by atoms with Crippen molar-refractivity contribution in [1.82, 2.24) is 0 Å². The fourth-order valence-corrected chi connectivity index (χ4v) is 8.88. The number of hydrogen-bond donors (Lipinski definition) is 4. The number of aliphatic hydroxyl groups excluding tert-OH is 4. The van der Waals surface area contributed by atoms with Crippen LogP contribution in [0.25, 0.3) is 0 Å². The molecule has 0 saturated carbocycles. The van der Waals surface area contributed by atoms with Gasteiger partial charge in [0.05, 0.1) is 24.4 Å². The van der Waals surface area contributed by atoms with E-state index in [9.17, 15) is 44.4 Å². The second-order valence-corrected chi connectivity index (χ2v) is 18.0. The summed E-state index contributed by atoms with van der Waals surface area (Å²) in [7, 11) is 0. The molecular weight excluding hydrogens is 904 g/mol. The summed E-state index contributed by atoms with van der Waals surface area (Å²) >= 11 is 0. The molecule has 0 radical (unpaired) electrons. The molecule has 0 aromatic carbocycles. The van der Waals surface area contributed by atoms with Crippen molar-refractivity contribution in [3.8, 4) is 0 Å². The third-order valence-corrected chi connectivity index (χ3v) is 12.2. The molecule has 0 spiro atoms. The van der Waals surface area contributed by atoms with Gasteiger partial charge in [0.15, 0.2) is 55.7 Å². The van der Waals surface area contributed by atoms with Crippen molar-refractivity contribution in [2.75, 3.05) is 6.61 Å². The molecule has 4 saturated heterocycles. The molecule has 22 heteroatoms. The summed E-state index contributed by atoms with van der Waals surface area (Å²) in [5.74, 6) is -4.16. The number of ether oxygens (including phenoxy) is 13. The van der Waals surface area contributed by atoms with Crippen molar-refractivity contribution >= 4 is 29.8 Å². The molecule has 20 atom stereocenters. The van der Waals surface area contributed by atoms with Crippen molar-refractivity contribution in [2.45, 2.75) is 256 Å². The van der Waals surface area contributed by atoms with Crippen molar-refractivity contribution in [3.05, 3.63) is 0 Å². The molecule has 4 fully saturated rings. The Kier molecular flexibility index (Phi) is 23.2. The van der Waals surface area contributed by atoms with Crippen LogP contribution < -0.4 is 0 Å². The summed E-state index contributed by atoms with van der Waals surface area (Å²) in [5, 5.41) is 45.7. The van der Waals surface area contributed by atoms with Gasteiger partial charge >= 0.3 is 29.8 Å². The molecule has 0 aliphatic carbocycles. The molecule has 68 heavy (non-hydrogen) atoms. The maximum absolute atomic E-state index is 12.8. The predicted octanol–water partition coefficient (Wildman–Crippen LogP) is 2.16. The molecule has 0 aromatic rings. The number of aliphatic hydroxyl groups is 4. The van der Waals surface area contributed by atoms with Crippen LogP contribution in [0.1, 0.15) is 133 Å². The zero-order chi connectivity index (χ0) is 50.4. The largest absolute Gasteiger partial charge is 0.457 e. The molecule has 0 amide bonds. The Morgan fingerprint density at radius 3 is 1.26 bits per heavy atom. The van der Waals surface area contributed by atoms with Gasteiger partial charge in [-0.2, -0.15) is 0 Å². The molecule has 4 rings (SSSR count). The number of carbonyl (C=O) groups is 5. The summed E-state index contributed by atoms with van der Waals surface area (Å²) in [6.45, 7) is 13.9. The number of unbranched alkanes of at least 4 members (excludes halogenated alkanes) is 9. The van der Waals surface area contributed by atoms with E-state index in [2.05, 4.69) is 6.92 Å². The highest BCUT2D eigenvalue weighted by Gasteiger charge is 2.58. The monoisotopic (exact) mass is 980 g/mol. The summed E-state index contributed by atoms with van der Waals surface area (Å²) in [6.07, 6.45) is -17.8. The lowest BCUT2D eigenvalue weighted by atomic mass is 9.95. The summed E-state index contributed by atoms with van der Waals surface area (Å²) in [6, 6.07) is 0. The van der Waals surface area contributed by atoms with Crippen LogP contribution in [0.3, 0.4) is 0 Å². The summed E-state index contributed by atoms with van der Waals surface area (Å²) < 4.78 is 76.3. The topological polar surface area (TPSA) is 286 Å². The second kappa shape index (κ2) is 27.5. The van der Waals surface area contributed by atoms with E-state index in [0.717, 1.165) is 60.3 Å². The second-order valence-electron chi connectivity index (χ2n) is 18.0. The number of esters is 5. The van der Waals surface area contributed by atoms with Crippen LogP contribution in [0.15, 0.2) is 0 Å². The van der Waals surface area contributed by atoms with Gasteiger partial charge in [0, 0.05) is 41.2 Å². The van der Waals surface area contributed by atoms with Crippen molar-refractivity contribution in [2.24, 2.45) is 0 Å². The summed E-state index contributed by atoms with van der Waals surface area (Å²) in [5.41, 5.74) is 0. The first-order chi connectivity index (χ1) is 32.1. The van der Waals surface area contributed by atoms with E-state index in [1.807, 2.05) is 0 Å². The van der Waals surface area contributed by atoms with Crippen molar-refractivity contribution in [3.63, 3.8) is 0 Å². The molecule has 0 bridgehead atoms. The SMILES string of the molecule is CCCCCCCCCCCCOC1OC(C)C(OC2OC(C)C(OC(C)=O)C(OC3OC(C)C(OC(C)=O)C(OC4OC(C)C(OC(C)=O)C(O)C4OC(C)=O)C3OC(C)=O)C2O)C(O)C1O. The van der Waals surface area contributed by atoms with E-state index in [1.165, 1.54) is 59.3 Å². The molecule has 4 N–H and O–H groups in total. The van der Waals surface area contributed by atoms with Gasteiger partial charge in [-0.1, -0.05) is 64.7 Å². The fourth-order valence-electron chi connectivity index (χ4n) is 8.88. The quantitative estimate of drug-likeness (QED) is 0.0648. The van der Waals surface area contributed by atoms with Gasteiger partial charge in [-0.25, -0.2) is 0 Å². The zero-order valence-corrected chi connectivity index (χ0v) is 41.0. The maximum Gasteiger partial charge on any atom is 0.303 e. The van der Waals surface area contributed by atoms with E-state index in [1.54, 1.807) is 6.92 Å². The maximum atomic E-state index is 12.8. The molecule has 0 aromatic heterocycles. The lowest BCUT2D eigenvalue weighted by Gasteiger charge is -2.50. The molecular formula is C46H76O22. The standard InChI is InChI=1S/C46H76O22/c1-11-12-13-14-15-16-17-18-19-20-21-56-43-32(53)31(52)35(22(2)57-43)66-44-34(55)39(37(24(4)58-44)62-27(7)48)67-46-42(65-30(10)51)41(38(25(5)60-46)63-28(8)49)68-45-40(64-29(9)50)33(54)36(23(3)59-45)61-26(6)47/h22-25,31-46,52-55H,11-21H2,1-10H3. The van der Waals surface area contributed by atoms with Crippen LogP contribution in [0.5, 0.6) is 0 Å². The minimum atomic E-state index is -1.86. The Hall–Kier alpha value is -3.13. The van der Waals surface area contributed by atoms with Crippen LogP contribution in [-0.2, 0) is 85.6 Å². The predicted molar refractivity (Wildman–Crippen MR) is 232 cm³/mol. The first-order valence-electron chi connectivity index (χ1n) is 23.9. The van der Waals surface area contributed by atoms with E-state index < -0.39 is 153 Å². The van der Waals surface area contributed by atoms with Gasteiger partial charge in [-0.3, -0.25) is 24.0 Å². The number of hydrogen-bond acceptors (Lipinski definition) is 22. The van der Waals surface area contributed by atoms with Crippen molar-refractivity contribution in [1.29, 1.82) is 0 Å². The first-order valence-corrected chi connectivity index (χ1v) is 23.9. The van der Waals surface area contributed by atoms with E-state index in [0.29, 0.717) is 6.61 Å². The number of rotatable bonds is 23. The molecule has 22 nitrogen and oxygen atoms in total. The Labute approximate surface area is 398 Å². The van der Waals surface area contributed by atoms with Gasteiger partial charge in [-0.05, 0) is 34.1 Å². The van der Waals surface area contributed by atoms with Gasteiger partial charge in [0.2, 0.25) is 0 Å². The van der Waals surface area contributed by atoms with Crippen molar-refractivity contribution < 1.29 is 106 Å². The minimum absolute atomic E-state index is 0.295. The minimum Gasteiger partial charge on any atom is -0.457 e. The molecule has 392 valence electrons. The van der Waals surface area contributed by atoms with Gasteiger partial charge in [-0.15, -0.1) is 0 Å². The Morgan fingerprint density at radius 2 is 0.735 bits per heavy atom. The van der Waals surface area contributed by atoms with Gasteiger partial charge in [0.25, 0.3) is 0 Å². The Balaban J connectivity index is 1.54. The lowest BCUT2D eigenvalue weighted by Crippen LogP contribution is -2.67. The van der Waals surface area contributed by atoms with E-state index in [-0.39, 0.29) is 0 Å². The normalized spacial score (nSPS) is 38.5. The number of carbonyl (C=O) groups excluding carboxylic acids is 5. The van der Waals surface area contributed by atoms with Crippen LogP contribution in [-0.4, -0.2) is 180 Å². The highest BCUT2D eigenvalue weighted by molar-refractivity contribution is 5.68. The van der Waals surface area contributed by atoms with Crippen LogP contribution in [0.4, 0.5) is 0 Å². The van der Waals surface area contributed by atoms with Gasteiger partial charge < -0.3 is 82.0 Å². The van der Waals surface area contributed by atoms with E-state index >= 15 is 0 Å². The van der Waals surface area contributed by atoms with E-state index in [4.69, 9.17) is 61.6 Å². The highest BCUT2D eigenvalue weighted by Crippen LogP contribution is 2.38. The average molecular weight is 981 g/mol. The molecule has 20 unspecified atom stereocenters. The first kappa shape index (κ1) is 57.4. The molecule has 4 heterocycles. The van der Waals surface area contributed by atoms with Crippen LogP contribution in [0, 0.1) is 0 Å². The highest BCUT2D eigenvalue weighted by atomic mass is 16.8. The third-order valence-electron chi connectivity index (χ3n) is 12.2. The summed E-state index contributed by atoms with van der Waals surface area (Å²) in [4.78, 5) is 62.0. The van der Waals surface area contributed by atoms with Gasteiger partial charge in [0.1, 0.15) is 42.7 Å². The average Bonchev–Trinajstić information content (AvgIpc) is 3.25. The zero-order valence-electron chi connectivity index (χ0n) is 41.0. The third kappa shape index (κ3) is 16.2. The lowest BCUT2D eigenvalue weighted by molar-refractivity contribution is -0.385. The Morgan fingerprint density at radius 1 is 0.368 bits per heavy atom. The fraction of sp³-hybridized carbons (Fsp3) is 0.891. The molecule has 4 aliphatic rings. The van der Waals surface area contributed by atoms with Crippen LogP contribution in [0.2, 0.25) is 0 Å². The Bertz CT molecular complexity index is 1600. The molecule has 4 aliphatic heterocycles. The smallest absolute Gasteiger partial charge is 0.303 e.